The fourth-order valence-corrected chi connectivity index (χ4v) is 4.45. The highest BCUT2D eigenvalue weighted by Gasteiger charge is 2.31. The smallest absolute Gasteiger partial charge is 0.416 e. The van der Waals surface area contributed by atoms with Crippen LogP contribution in [0.1, 0.15) is 22.3 Å². The first-order chi connectivity index (χ1) is 20.5. The molecule has 1 heterocycles. The van der Waals surface area contributed by atoms with Crippen molar-refractivity contribution < 1.29 is 27.6 Å². The van der Waals surface area contributed by atoms with Crippen LogP contribution in [0.3, 0.4) is 0 Å². The lowest BCUT2D eigenvalue weighted by Gasteiger charge is -2.13. The SMILES string of the molecule is COc1cc(C=Nn2c(-c3cccc(C(F)(F)F)c3)nc3ccccc3c2=O)cc([N+](=O)[O-])c1OCc1cccc(C)c1. The summed E-state index contributed by atoms with van der Waals surface area (Å²) in [7, 11) is 1.32. The molecule has 0 radical (unpaired) electrons. The van der Waals surface area contributed by atoms with Crippen molar-refractivity contribution in [3.05, 3.63) is 128 Å². The van der Waals surface area contributed by atoms with E-state index in [0.29, 0.717) is 0 Å². The van der Waals surface area contributed by atoms with Crippen LogP contribution in [0.15, 0.2) is 94.8 Å². The van der Waals surface area contributed by atoms with Gasteiger partial charge in [-0.15, -0.1) is 0 Å². The minimum absolute atomic E-state index is 0.00159. The number of halogens is 3. The lowest BCUT2D eigenvalue weighted by molar-refractivity contribution is -0.386. The molecule has 0 aliphatic carbocycles. The Morgan fingerprint density at radius 1 is 1.02 bits per heavy atom. The molecule has 1 aromatic heterocycles. The maximum Gasteiger partial charge on any atom is 0.416 e. The molecule has 0 unspecified atom stereocenters. The summed E-state index contributed by atoms with van der Waals surface area (Å²) in [6.07, 6.45) is -3.46. The van der Waals surface area contributed by atoms with Crippen molar-refractivity contribution >= 4 is 22.8 Å². The van der Waals surface area contributed by atoms with Crippen LogP contribution < -0.4 is 15.0 Å². The summed E-state index contributed by atoms with van der Waals surface area (Å²) in [6.45, 7) is 1.96. The minimum Gasteiger partial charge on any atom is -0.493 e. The molecule has 5 rings (SSSR count). The number of hydrogen-bond donors (Lipinski definition) is 0. The van der Waals surface area contributed by atoms with E-state index in [4.69, 9.17) is 9.47 Å². The number of hydrogen-bond acceptors (Lipinski definition) is 7. The first kappa shape index (κ1) is 29.0. The highest BCUT2D eigenvalue weighted by molar-refractivity contribution is 5.84. The Morgan fingerprint density at radius 2 is 1.79 bits per heavy atom. The zero-order valence-electron chi connectivity index (χ0n) is 22.8. The number of methoxy groups -OCH3 is 1. The molecule has 5 aromatic rings. The Balaban J connectivity index is 1.60. The van der Waals surface area contributed by atoms with Gasteiger partial charge >= 0.3 is 11.9 Å². The fraction of sp³-hybridized carbons (Fsp3) is 0.129. The van der Waals surface area contributed by atoms with Gasteiger partial charge in [0.05, 0.1) is 34.7 Å². The van der Waals surface area contributed by atoms with E-state index < -0.39 is 27.9 Å². The molecule has 0 bridgehead atoms. The van der Waals surface area contributed by atoms with Gasteiger partial charge in [0.15, 0.2) is 11.6 Å². The van der Waals surface area contributed by atoms with Crippen LogP contribution in [-0.2, 0) is 12.8 Å². The van der Waals surface area contributed by atoms with Gasteiger partial charge in [0.2, 0.25) is 5.75 Å². The van der Waals surface area contributed by atoms with Gasteiger partial charge in [-0.25, -0.2) is 4.98 Å². The Morgan fingerprint density at radius 3 is 2.51 bits per heavy atom. The van der Waals surface area contributed by atoms with Crippen LogP contribution >= 0.6 is 0 Å². The molecule has 0 atom stereocenters. The molecule has 12 heteroatoms. The highest BCUT2D eigenvalue weighted by atomic mass is 19.4. The summed E-state index contributed by atoms with van der Waals surface area (Å²) >= 11 is 0. The van der Waals surface area contributed by atoms with E-state index in [-0.39, 0.29) is 46.0 Å². The standard InChI is InChI=1S/C31H23F3N4O5/c1-19-7-5-8-20(13-19)18-43-28-26(38(40)41)14-21(15-27(28)42-2)17-35-37-29(22-9-6-10-23(16-22)31(32,33)34)36-25-12-4-3-11-24(25)30(37)39/h3-17H,18H2,1-2H3. The number of nitro benzene ring substituents is 1. The molecule has 0 aliphatic rings. The van der Waals surface area contributed by atoms with Crippen LogP contribution in [0.25, 0.3) is 22.3 Å². The molecule has 43 heavy (non-hydrogen) atoms. The number of nitro groups is 1. The lowest BCUT2D eigenvalue weighted by atomic mass is 10.1. The third-order valence-electron chi connectivity index (χ3n) is 6.46. The molecule has 0 spiro atoms. The number of alkyl halides is 3. The third-order valence-corrected chi connectivity index (χ3v) is 6.46. The fourth-order valence-electron chi connectivity index (χ4n) is 4.45. The zero-order chi connectivity index (χ0) is 30.7. The van der Waals surface area contributed by atoms with Crippen molar-refractivity contribution in [2.45, 2.75) is 19.7 Å². The van der Waals surface area contributed by atoms with Crippen molar-refractivity contribution in [2.24, 2.45) is 5.10 Å². The van der Waals surface area contributed by atoms with Gasteiger partial charge in [-0.1, -0.05) is 54.1 Å². The summed E-state index contributed by atoms with van der Waals surface area (Å²) in [5.74, 6) is -0.198. The number of aryl methyl sites for hydroxylation is 1. The molecule has 9 nitrogen and oxygen atoms in total. The molecule has 0 saturated carbocycles. The van der Waals surface area contributed by atoms with Crippen LogP contribution in [0, 0.1) is 17.0 Å². The molecule has 4 aromatic carbocycles. The molecular weight excluding hydrogens is 565 g/mol. The van der Waals surface area contributed by atoms with E-state index in [0.717, 1.165) is 34.2 Å². The van der Waals surface area contributed by atoms with E-state index in [2.05, 4.69) is 10.1 Å². The van der Waals surface area contributed by atoms with E-state index >= 15 is 0 Å². The van der Waals surface area contributed by atoms with Crippen LogP contribution in [0.4, 0.5) is 18.9 Å². The first-order valence-electron chi connectivity index (χ1n) is 12.8. The molecule has 0 saturated heterocycles. The Kier molecular flexibility index (Phi) is 7.93. The number of aromatic nitrogens is 2. The van der Waals surface area contributed by atoms with Crippen molar-refractivity contribution in [3.63, 3.8) is 0 Å². The second-order valence-electron chi connectivity index (χ2n) is 9.50. The van der Waals surface area contributed by atoms with Crippen molar-refractivity contribution in [2.75, 3.05) is 7.11 Å². The van der Waals surface area contributed by atoms with Crippen molar-refractivity contribution in [1.82, 2.24) is 9.66 Å². The van der Waals surface area contributed by atoms with Crippen molar-refractivity contribution in [1.29, 1.82) is 0 Å². The number of rotatable bonds is 8. The van der Waals surface area contributed by atoms with E-state index in [1.807, 2.05) is 31.2 Å². The number of nitrogens with zero attached hydrogens (tertiary/aromatic N) is 4. The molecule has 0 N–H and O–H groups in total. The first-order valence-corrected chi connectivity index (χ1v) is 12.8. The predicted octanol–water partition coefficient (Wildman–Crippen LogP) is 6.77. The number of ether oxygens (including phenoxy) is 2. The minimum atomic E-state index is -4.63. The molecule has 0 amide bonds. The van der Waals surface area contributed by atoms with Gasteiger partial charge in [-0.05, 0) is 42.8 Å². The average Bonchev–Trinajstić information content (AvgIpc) is 2.99. The Bertz CT molecular complexity index is 1940. The largest absolute Gasteiger partial charge is 0.493 e. The quantitative estimate of drug-likeness (QED) is 0.112. The molecular formula is C31H23F3N4O5. The number of benzene rings is 4. The van der Waals surface area contributed by atoms with Crippen LogP contribution in [-0.4, -0.2) is 27.9 Å². The van der Waals surface area contributed by atoms with Gasteiger partial charge in [0.25, 0.3) is 5.56 Å². The maximum absolute atomic E-state index is 13.5. The summed E-state index contributed by atoms with van der Waals surface area (Å²) in [5, 5.41) is 16.4. The summed E-state index contributed by atoms with van der Waals surface area (Å²) < 4.78 is 52.4. The monoisotopic (exact) mass is 588 g/mol. The van der Waals surface area contributed by atoms with E-state index in [9.17, 15) is 28.1 Å². The summed E-state index contributed by atoms with van der Waals surface area (Å²) in [4.78, 5) is 29.2. The topological polar surface area (TPSA) is 109 Å². The second kappa shape index (κ2) is 11.8. The second-order valence-corrected chi connectivity index (χ2v) is 9.50. The molecule has 0 fully saturated rings. The zero-order valence-corrected chi connectivity index (χ0v) is 22.8. The van der Waals surface area contributed by atoms with Crippen molar-refractivity contribution in [3.8, 4) is 22.9 Å². The summed E-state index contributed by atoms with van der Waals surface area (Å²) in [5.41, 5.74) is 0.247. The third kappa shape index (κ3) is 6.22. The molecule has 0 aliphatic heterocycles. The van der Waals surface area contributed by atoms with E-state index in [1.165, 1.54) is 37.4 Å². The number of fused-ring (bicyclic) bond motifs is 1. The normalized spacial score (nSPS) is 11.7. The van der Waals surface area contributed by atoms with Gasteiger partial charge in [0, 0.05) is 17.2 Å². The average molecular weight is 589 g/mol. The lowest BCUT2D eigenvalue weighted by Crippen LogP contribution is -2.20. The van der Waals surface area contributed by atoms with E-state index in [1.54, 1.807) is 18.2 Å². The van der Waals surface area contributed by atoms with Gasteiger partial charge in [0.1, 0.15) is 6.61 Å². The number of para-hydroxylation sites is 1. The van der Waals surface area contributed by atoms with Gasteiger partial charge in [-0.3, -0.25) is 14.9 Å². The molecule has 218 valence electrons. The predicted molar refractivity (Wildman–Crippen MR) is 155 cm³/mol. The Labute approximate surface area is 242 Å². The maximum atomic E-state index is 13.5. The Hall–Kier alpha value is -5.52. The highest BCUT2D eigenvalue weighted by Crippen LogP contribution is 2.38. The van der Waals surface area contributed by atoms with Crippen LogP contribution in [0.5, 0.6) is 11.5 Å². The van der Waals surface area contributed by atoms with Crippen LogP contribution in [0.2, 0.25) is 0 Å². The van der Waals surface area contributed by atoms with Gasteiger partial charge < -0.3 is 9.47 Å². The van der Waals surface area contributed by atoms with Gasteiger partial charge in [-0.2, -0.15) is 22.9 Å². The summed E-state index contributed by atoms with van der Waals surface area (Å²) in [6, 6.07) is 20.8.